The summed E-state index contributed by atoms with van der Waals surface area (Å²) in [5.41, 5.74) is 5.27. The molecule has 1 aliphatic rings. The lowest BCUT2D eigenvalue weighted by molar-refractivity contribution is -0.116. The van der Waals surface area contributed by atoms with Crippen LogP contribution < -0.4 is 4.90 Å². The van der Waals surface area contributed by atoms with E-state index in [1.54, 1.807) is 23.6 Å². The molecule has 33 heavy (non-hydrogen) atoms. The van der Waals surface area contributed by atoms with Crippen LogP contribution >= 0.6 is 34.9 Å². The van der Waals surface area contributed by atoms with Crippen molar-refractivity contribution in [3.63, 3.8) is 0 Å². The molecule has 2 aromatic carbocycles. The highest BCUT2D eigenvalue weighted by Crippen LogP contribution is 2.35. The zero-order chi connectivity index (χ0) is 23.5. The molecule has 2 heterocycles. The molecule has 1 amide bonds. The predicted octanol–water partition coefficient (Wildman–Crippen LogP) is 6.23. The van der Waals surface area contributed by atoms with E-state index in [2.05, 4.69) is 48.3 Å². The number of carbonyl (C=O) groups is 2. The topological polar surface area (TPSA) is 63.2 Å². The maximum absolute atomic E-state index is 13.0. The number of aromatic nitrogens is 2. The lowest BCUT2D eigenvalue weighted by Crippen LogP contribution is -2.25. The average Bonchev–Trinajstić information content (AvgIpc) is 3.43. The Labute approximate surface area is 207 Å². The molecule has 3 aromatic rings. The second kappa shape index (κ2) is 10.4. The van der Waals surface area contributed by atoms with E-state index in [9.17, 15) is 9.59 Å². The van der Waals surface area contributed by atoms with Gasteiger partial charge in [-0.05, 0) is 54.2 Å². The summed E-state index contributed by atoms with van der Waals surface area (Å²) in [6.07, 6.45) is 0.786. The molecular formula is C25H27N3O2S3. The van der Waals surface area contributed by atoms with Gasteiger partial charge >= 0.3 is 0 Å². The molecule has 1 atom stereocenters. The van der Waals surface area contributed by atoms with Crippen LogP contribution in [-0.4, -0.2) is 33.7 Å². The number of hydrogen-bond acceptors (Lipinski definition) is 7. The summed E-state index contributed by atoms with van der Waals surface area (Å²) in [5.74, 6) is 1.48. The van der Waals surface area contributed by atoms with Crippen LogP contribution in [0.3, 0.4) is 0 Å². The quantitative estimate of drug-likeness (QED) is 0.272. The van der Waals surface area contributed by atoms with Gasteiger partial charge in [-0.25, -0.2) is 0 Å². The number of Topliss-reactive ketones (excluding diaryl/α,β-unsaturated/α-hetero) is 1. The molecule has 172 valence electrons. The van der Waals surface area contributed by atoms with Gasteiger partial charge in [0.05, 0.1) is 5.25 Å². The van der Waals surface area contributed by atoms with Crippen molar-refractivity contribution in [1.82, 2.24) is 10.2 Å². The average molecular weight is 498 g/mol. The van der Waals surface area contributed by atoms with Crippen molar-refractivity contribution in [2.45, 2.75) is 59.7 Å². The molecule has 0 radical (unpaired) electrons. The van der Waals surface area contributed by atoms with Crippen molar-refractivity contribution in [3.05, 3.63) is 64.7 Å². The zero-order valence-corrected chi connectivity index (χ0v) is 21.6. The van der Waals surface area contributed by atoms with Crippen molar-refractivity contribution < 1.29 is 9.59 Å². The lowest BCUT2D eigenvalue weighted by Gasteiger charge is -2.15. The van der Waals surface area contributed by atoms with Gasteiger partial charge in [-0.2, -0.15) is 0 Å². The van der Waals surface area contributed by atoms with Crippen molar-refractivity contribution in [2.75, 3.05) is 11.4 Å². The fourth-order valence-corrected chi connectivity index (χ4v) is 6.97. The number of rotatable bonds is 8. The zero-order valence-electron chi connectivity index (χ0n) is 19.2. The third kappa shape index (κ3) is 5.67. The highest BCUT2D eigenvalue weighted by Gasteiger charge is 2.25. The second-order valence-electron chi connectivity index (χ2n) is 8.41. The number of fused-ring (bicyclic) bond motifs is 1. The Bertz CT molecular complexity index is 1160. The number of carbonyl (C=O) groups excluding carboxylic acids is 2. The molecule has 8 heteroatoms. The van der Waals surface area contributed by atoms with Crippen LogP contribution in [0.15, 0.2) is 51.1 Å². The Balaban J connectivity index is 1.34. The summed E-state index contributed by atoms with van der Waals surface area (Å²) in [6.45, 7) is 8.56. The van der Waals surface area contributed by atoms with Gasteiger partial charge in [-0.1, -0.05) is 73.0 Å². The Kier molecular flexibility index (Phi) is 7.56. The summed E-state index contributed by atoms with van der Waals surface area (Å²) in [5, 5.41) is 8.32. The molecule has 4 rings (SSSR count). The molecule has 1 aromatic heterocycles. The van der Waals surface area contributed by atoms with Crippen LogP contribution in [0.25, 0.3) is 0 Å². The maximum atomic E-state index is 13.0. The van der Waals surface area contributed by atoms with E-state index in [1.807, 2.05) is 25.1 Å². The van der Waals surface area contributed by atoms with Gasteiger partial charge < -0.3 is 4.90 Å². The van der Waals surface area contributed by atoms with Crippen LogP contribution in [0.1, 0.15) is 60.7 Å². The van der Waals surface area contributed by atoms with Crippen molar-refractivity contribution in [3.8, 4) is 0 Å². The summed E-state index contributed by atoms with van der Waals surface area (Å²) in [4.78, 5) is 26.5. The standard InChI is InChI=1S/C25H27N3O2S3/c1-15(2)19-7-5-18(6-8-19)14-31-24-26-27-25(33-24)32-16(3)23(30)21-9-10-22-20(13-21)11-12-28(22)17(4)29/h5-10,13,15-16H,11-12,14H2,1-4H3. The number of amides is 1. The number of benzene rings is 2. The van der Waals surface area contributed by atoms with Crippen LogP contribution in [0, 0.1) is 0 Å². The fourth-order valence-electron chi connectivity index (χ4n) is 3.77. The van der Waals surface area contributed by atoms with Crippen LogP contribution in [0.2, 0.25) is 0 Å². The van der Waals surface area contributed by atoms with E-state index < -0.39 is 0 Å². The van der Waals surface area contributed by atoms with Gasteiger partial charge in [0.25, 0.3) is 0 Å². The SMILES string of the molecule is CC(=O)N1CCc2cc(C(=O)C(C)Sc3nnc(SCc4ccc(C(C)C)cc4)s3)ccc21. The molecule has 1 unspecified atom stereocenters. The van der Waals surface area contributed by atoms with Crippen LogP contribution in [-0.2, 0) is 17.0 Å². The molecule has 0 saturated heterocycles. The van der Waals surface area contributed by atoms with Gasteiger partial charge in [0.2, 0.25) is 5.91 Å². The maximum Gasteiger partial charge on any atom is 0.223 e. The Morgan fingerprint density at radius 1 is 1.06 bits per heavy atom. The molecule has 0 N–H and O–H groups in total. The summed E-state index contributed by atoms with van der Waals surface area (Å²) < 4.78 is 1.71. The molecule has 0 spiro atoms. The number of ketones is 1. The first kappa shape index (κ1) is 24.0. The van der Waals surface area contributed by atoms with Crippen molar-refractivity contribution in [2.24, 2.45) is 0 Å². The van der Waals surface area contributed by atoms with Crippen molar-refractivity contribution in [1.29, 1.82) is 0 Å². The van der Waals surface area contributed by atoms with Crippen LogP contribution in [0.5, 0.6) is 0 Å². The normalized spacial score (nSPS) is 13.9. The highest BCUT2D eigenvalue weighted by atomic mass is 32.2. The molecule has 1 aliphatic heterocycles. The predicted molar refractivity (Wildman–Crippen MR) is 138 cm³/mol. The van der Waals surface area contributed by atoms with Gasteiger partial charge in [-0.3, -0.25) is 9.59 Å². The largest absolute Gasteiger partial charge is 0.312 e. The summed E-state index contributed by atoms with van der Waals surface area (Å²) in [7, 11) is 0. The van der Waals surface area contributed by atoms with E-state index in [4.69, 9.17) is 0 Å². The van der Waals surface area contributed by atoms with Gasteiger partial charge in [0, 0.05) is 30.5 Å². The second-order valence-corrected chi connectivity index (χ2v) is 12.2. The van der Waals surface area contributed by atoms with Crippen LogP contribution in [0.4, 0.5) is 5.69 Å². The molecule has 5 nitrogen and oxygen atoms in total. The number of thioether (sulfide) groups is 2. The van der Waals surface area contributed by atoms with E-state index in [1.165, 1.54) is 34.2 Å². The van der Waals surface area contributed by atoms with E-state index in [0.29, 0.717) is 18.0 Å². The van der Waals surface area contributed by atoms with Gasteiger partial charge in [0.1, 0.15) is 0 Å². The van der Waals surface area contributed by atoms with Gasteiger partial charge in [0.15, 0.2) is 14.5 Å². The minimum atomic E-state index is -0.261. The smallest absolute Gasteiger partial charge is 0.223 e. The monoisotopic (exact) mass is 497 g/mol. The van der Waals surface area contributed by atoms with E-state index in [0.717, 1.165) is 32.1 Å². The highest BCUT2D eigenvalue weighted by molar-refractivity contribution is 8.03. The lowest BCUT2D eigenvalue weighted by atomic mass is 10.0. The third-order valence-corrected chi connectivity index (χ3v) is 9.00. The molecule has 0 aliphatic carbocycles. The minimum Gasteiger partial charge on any atom is -0.312 e. The minimum absolute atomic E-state index is 0.0364. The first-order valence-corrected chi connectivity index (χ1v) is 13.7. The van der Waals surface area contributed by atoms with Crippen molar-refractivity contribution >= 4 is 52.2 Å². The summed E-state index contributed by atoms with van der Waals surface area (Å²) in [6, 6.07) is 14.4. The number of hydrogen-bond donors (Lipinski definition) is 0. The fraction of sp³-hybridized carbons (Fsp3) is 0.360. The first-order valence-electron chi connectivity index (χ1n) is 11.0. The molecular weight excluding hydrogens is 470 g/mol. The Hall–Kier alpha value is -2.16. The summed E-state index contributed by atoms with van der Waals surface area (Å²) >= 11 is 4.65. The van der Waals surface area contributed by atoms with E-state index >= 15 is 0 Å². The molecule has 0 saturated carbocycles. The third-order valence-electron chi connectivity index (χ3n) is 5.68. The Morgan fingerprint density at radius 3 is 2.48 bits per heavy atom. The number of anilines is 1. The van der Waals surface area contributed by atoms with E-state index in [-0.39, 0.29) is 16.9 Å². The molecule has 0 fully saturated rings. The first-order chi connectivity index (χ1) is 15.8. The number of nitrogens with zero attached hydrogens (tertiary/aromatic N) is 3. The molecule has 0 bridgehead atoms. The van der Waals surface area contributed by atoms with Gasteiger partial charge in [-0.15, -0.1) is 10.2 Å². The Morgan fingerprint density at radius 2 is 1.79 bits per heavy atom.